The zero-order valence-electron chi connectivity index (χ0n) is 17.0. The number of pyridine rings is 1. The van der Waals surface area contributed by atoms with E-state index in [2.05, 4.69) is 26.5 Å². The number of fused-ring (bicyclic) bond motifs is 1. The number of aryl methyl sites for hydroxylation is 1. The molecular formula is C20H29Cl2N5O3. The van der Waals surface area contributed by atoms with Crippen molar-refractivity contribution in [3.8, 4) is 0 Å². The Kier molecular flexibility index (Phi) is 8.37. The average molecular weight is 458 g/mol. The highest BCUT2D eigenvalue weighted by Gasteiger charge is 2.23. The molecule has 0 spiro atoms. The zero-order chi connectivity index (χ0) is 19.7. The quantitative estimate of drug-likeness (QED) is 0.638. The molecule has 1 aromatic heterocycles. The molecule has 2 aromatic rings. The second kappa shape index (κ2) is 10.3. The number of aromatic carboxylic acids is 1. The van der Waals surface area contributed by atoms with Gasteiger partial charge in [0.15, 0.2) is 0 Å². The first-order chi connectivity index (χ1) is 13.6. The van der Waals surface area contributed by atoms with Crippen LogP contribution in [0.25, 0.3) is 10.9 Å². The molecule has 30 heavy (non-hydrogen) atoms. The number of nitrogens with zero attached hydrogens (tertiary/aromatic N) is 3. The van der Waals surface area contributed by atoms with Gasteiger partial charge in [-0.2, -0.15) is 0 Å². The van der Waals surface area contributed by atoms with E-state index in [1.165, 1.54) is 6.20 Å². The molecule has 166 valence electrons. The molecule has 8 nitrogen and oxygen atoms in total. The van der Waals surface area contributed by atoms with Gasteiger partial charge in [0, 0.05) is 70.5 Å². The van der Waals surface area contributed by atoms with Gasteiger partial charge in [0.1, 0.15) is 5.56 Å². The van der Waals surface area contributed by atoms with Crippen LogP contribution in [-0.2, 0) is 6.54 Å². The van der Waals surface area contributed by atoms with Crippen molar-refractivity contribution in [1.29, 1.82) is 0 Å². The summed E-state index contributed by atoms with van der Waals surface area (Å²) in [7, 11) is 0. The molecule has 10 heteroatoms. The van der Waals surface area contributed by atoms with E-state index < -0.39 is 11.4 Å². The van der Waals surface area contributed by atoms with Crippen LogP contribution < -0.4 is 25.9 Å². The molecule has 0 radical (unpaired) electrons. The van der Waals surface area contributed by atoms with Gasteiger partial charge in [-0.3, -0.25) is 4.79 Å². The van der Waals surface area contributed by atoms with Crippen LogP contribution >= 0.6 is 24.8 Å². The SMILES string of the molecule is CCn1cc(C(=O)O)c(=O)c2cc(N3CCNCC3)c(N3CCNCC3)cc21.Cl.Cl. The highest BCUT2D eigenvalue weighted by atomic mass is 35.5. The van der Waals surface area contributed by atoms with Gasteiger partial charge in [-0.25, -0.2) is 4.79 Å². The van der Waals surface area contributed by atoms with E-state index in [1.807, 2.05) is 17.6 Å². The highest BCUT2D eigenvalue weighted by molar-refractivity contribution is 5.96. The van der Waals surface area contributed by atoms with Gasteiger partial charge >= 0.3 is 5.97 Å². The summed E-state index contributed by atoms with van der Waals surface area (Å²) in [6.07, 6.45) is 1.47. The van der Waals surface area contributed by atoms with Crippen LogP contribution in [-0.4, -0.2) is 68.0 Å². The largest absolute Gasteiger partial charge is 0.477 e. The van der Waals surface area contributed by atoms with Crippen LogP contribution in [0.5, 0.6) is 0 Å². The summed E-state index contributed by atoms with van der Waals surface area (Å²) in [5, 5.41) is 16.7. The van der Waals surface area contributed by atoms with E-state index in [4.69, 9.17) is 0 Å². The summed E-state index contributed by atoms with van der Waals surface area (Å²) in [5.41, 5.74) is 2.37. The normalized spacial score (nSPS) is 16.7. The van der Waals surface area contributed by atoms with Crippen molar-refractivity contribution in [3.63, 3.8) is 0 Å². The Morgan fingerprint density at radius 1 is 0.967 bits per heavy atom. The number of carboxylic acids is 1. The van der Waals surface area contributed by atoms with E-state index in [0.717, 1.165) is 69.2 Å². The van der Waals surface area contributed by atoms with E-state index >= 15 is 0 Å². The van der Waals surface area contributed by atoms with Crippen molar-refractivity contribution < 1.29 is 9.90 Å². The Morgan fingerprint density at radius 2 is 1.47 bits per heavy atom. The fourth-order valence-corrected chi connectivity index (χ4v) is 4.15. The van der Waals surface area contributed by atoms with Gasteiger partial charge in [-0.05, 0) is 19.1 Å². The van der Waals surface area contributed by atoms with Gasteiger partial charge in [-0.15, -0.1) is 24.8 Å². The molecule has 2 fully saturated rings. The fraction of sp³-hybridized carbons (Fsp3) is 0.500. The highest BCUT2D eigenvalue weighted by Crippen LogP contribution is 2.34. The number of benzene rings is 1. The number of halogens is 2. The van der Waals surface area contributed by atoms with Gasteiger partial charge in [-0.1, -0.05) is 0 Å². The second-order valence-corrected chi connectivity index (χ2v) is 7.30. The van der Waals surface area contributed by atoms with Crippen molar-refractivity contribution in [2.24, 2.45) is 0 Å². The Balaban J connectivity index is 0.00000160. The molecule has 2 aliphatic rings. The first-order valence-electron chi connectivity index (χ1n) is 9.96. The lowest BCUT2D eigenvalue weighted by atomic mass is 10.1. The number of hydrogen-bond donors (Lipinski definition) is 3. The van der Waals surface area contributed by atoms with Gasteiger partial charge in [0.2, 0.25) is 5.43 Å². The number of carboxylic acid groups (broad SMARTS) is 1. The third kappa shape index (κ3) is 4.51. The van der Waals surface area contributed by atoms with Gasteiger partial charge in [0.25, 0.3) is 0 Å². The van der Waals surface area contributed by atoms with E-state index in [1.54, 1.807) is 0 Å². The van der Waals surface area contributed by atoms with Crippen LogP contribution in [0.4, 0.5) is 11.4 Å². The summed E-state index contributed by atoms with van der Waals surface area (Å²) in [6.45, 7) is 9.77. The molecule has 4 rings (SSSR count). The predicted molar refractivity (Wildman–Crippen MR) is 126 cm³/mol. The van der Waals surface area contributed by atoms with Crippen molar-refractivity contribution in [2.45, 2.75) is 13.5 Å². The minimum atomic E-state index is -1.18. The molecule has 3 N–H and O–H groups in total. The summed E-state index contributed by atoms with van der Waals surface area (Å²) in [4.78, 5) is 29.2. The molecular weight excluding hydrogens is 429 g/mol. The number of hydrogen-bond acceptors (Lipinski definition) is 6. The van der Waals surface area contributed by atoms with E-state index in [9.17, 15) is 14.7 Å². The molecule has 0 saturated carbocycles. The van der Waals surface area contributed by atoms with Crippen molar-refractivity contribution in [1.82, 2.24) is 15.2 Å². The monoisotopic (exact) mass is 457 g/mol. The molecule has 0 atom stereocenters. The maximum absolute atomic E-state index is 12.9. The van der Waals surface area contributed by atoms with Crippen LogP contribution in [0.3, 0.4) is 0 Å². The lowest BCUT2D eigenvalue weighted by molar-refractivity contribution is 0.0695. The van der Waals surface area contributed by atoms with E-state index in [0.29, 0.717) is 11.9 Å². The van der Waals surface area contributed by atoms with Crippen LogP contribution in [0, 0.1) is 0 Å². The predicted octanol–water partition coefficient (Wildman–Crippen LogP) is 1.38. The van der Waals surface area contributed by atoms with Crippen LogP contribution in [0.2, 0.25) is 0 Å². The molecule has 0 aliphatic carbocycles. The number of piperazine rings is 2. The second-order valence-electron chi connectivity index (χ2n) is 7.30. The summed E-state index contributed by atoms with van der Waals surface area (Å²) in [5.74, 6) is -1.18. The minimum Gasteiger partial charge on any atom is -0.477 e. The molecule has 0 amide bonds. The summed E-state index contributed by atoms with van der Waals surface area (Å²) >= 11 is 0. The Hall–Kier alpha value is -2.00. The van der Waals surface area contributed by atoms with Crippen molar-refractivity contribution >= 4 is 53.1 Å². The maximum atomic E-state index is 12.9. The Labute approximate surface area is 188 Å². The van der Waals surface area contributed by atoms with Crippen molar-refractivity contribution in [2.75, 3.05) is 62.2 Å². The average Bonchev–Trinajstić information content (AvgIpc) is 2.74. The van der Waals surface area contributed by atoms with Crippen LogP contribution in [0.1, 0.15) is 17.3 Å². The number of aromatic nitrogens is 1. The van der Waals surface area contributed by atoms with Gasteiger partial charge < -0.3 is 30.1 Å². The van der Waals surface area contributed by atoms with Crippen LogP contribution in [0.15, 0.2) is 23.1 Å². The number of rotatable bonds is 4. The molecule has 2 aliphatic heterocycles. The first kappa shape index (κ1) is 24.3. The standard InChI is InChI=1S/C20H27N5O3.2ClH/c1-2-23-13-15(20(27)28)19(26)14-11-17(24-7-3-21-4-8-24)18(12-16(14)23)25-9-5-22-6-10-25;;/h11-13,21-22H,2-10H2,1H3,(H,27,28);2*1H. The number of carbonyl (C=O) groups is 1. The lowest BCUT2D eigenvalue weighted by Gasteiger charge is -2.37. The fourth-order valence-electron chi connectivity index (χ4n) is 4.15. The number of anilines is 2. The zero-order valence-corrected chi connectivity index (χ0v) is 18.7. The minimum absolute atomic E-state index is 0. The Morgan fingerprint density at radius 3 is 1.93 bits per heavy atom. The van der Waals surface area contributed by atoms with Gasteiger partial charge in [0.05, 0.1) is 16.9 Å². The molecule has 0 unspecified atom stereocenters. The third-order valence-electron chi connectivity index (χ3n) is 5.66. The van der Waals surface area contributed by atoms with Crippen molar-refractivity contribution in [3.05, 3.63) is 34.1 Å². The first-order valence-corrected chi connectivity index (χ1v) is 9.96. The molecule has 1 aromatic carbocycles. The topological polar surface area (TPSA) is 89.8 Å². The third-order valence-corrected chi connectivity index (χ3v) is 5.66. The number of nitrogens with one attached hydrogen (secondary N) is 2. The Bertz CT molecular complexity index is 954. The lowest BCUT2D eigenvalue weighted by Crippen LogP contribution is -2.46. The molecule has 0 bridgehead atoms. The summed E-state index contributed by atoms with van der Waals surface area (Å²) < 4.78 is 1.87. The summed E-state index contributed by atoms with van der Waals surface area (Å²) in [6, 6.07) is 3.99. The smallest absolute Gasteiger partial charge is 0.341 e. The maximum Gasteiger partial charge on any atom is 0.341 e. The molecule has 2 saturated heterocycles. The van der Waals surface area contributed by atoms with E-state index in [-0.39, 0.29) is 30.4 Å². The molecule has 3 heterocycles.